The Morgan fingerprint density at radius 3 is 2.27 bits per heavy atom. The van der Waals surface area contributed by atoms with Crippen molar-refractivity contribution in [3.63, 3.8) is 0 Å². The summed E-state index contributed by atoms with van der Waals surface area (Å²) in [6.07, 6.45) is 4.28. The van der Waals surface area contributed by atoms with Crippen molar-refractivity contribution in [1.29, 1.82) is 0 Å². The molecule has 3 rings (SSSR count). The zero-order valence-corrected chi connectivity index (χ0v) is 19.9. The number of nitrogens with zero attached hydrogens (tertiary/aromatic N) is 3. The summed E-state index contributed by atoms with van der Waals surface area (Å²) in [7, 11) is 1.38. The quantitative estimate of drug-likeness (QED) is 0.593. The fourth-order valence-corrected chi connectivity index (χ4v) is 4.18. The molecule has 8 heteroatoms. The van der Waals surface area contributed by atoms with E-state index in [-0.39, 0.29) is 11.9 Å². The molecule has 1 saturated heterocycles. The topological polar surface area (TPSA) is 90.7 Å². The first kappa shape index (κ1) is 24.5. The number of ether oxygens (including phenoxy) is 2. The minimum atomic E-state index is -0.816. The molecule has 178 valence electrons. The van der Waals surface area contributed by atoms with Crippen LogP contribution < -0.4 is 0 Å². The van der Waals surface area contributed by atoms with E-state index in [9.17, 15) is 14.4 Å². The summed E-state index contributed by atoms with van der Waals surface area (Å²) in [6, 6.07) is 6.93. The molecule has 0 saturated carbocycles. The van der Waals surface area contributed by atoms with E-state index in [1.807, 2.05) is 13.8 Å². The molecule has 0 bridgehead atoms. The molecule has 2 aromatic rings. The zero-order chi connectivity index (χ0) is 24.0. The molecule has 2 heterocycles. The van der Waals surface area contributed by atoms with Gasteiger partial charge < -0.3 is 14.4 Å². The van der Waals surface area contributed by atoms with Gasteiger partial charge >= 0.3 is 11.9 Å². The Labute approximate surface area is 194 Å². The summed E-state index contributed by atoms with van der Waals surface area (Å²) >= 11 is 0. The highest BCUT2D eigenvalue weighted by Crippen LogP contribution is 2.20. The first-order valence-corrected chi connectivity index (χ1v) is 11.5. The van der Waals surface area contributed by atoms with Crippen LogP contribution in [0, 0.1) is 13.8 Å². The number of benzene rings is 1. The maximum Gasteiger partial charge on any atom is 0.338 e. The first-order valence-electron chi connectivity index (χ1n) is 11.5. The monoisotopic (exact) mass is 455 g/mol. The maximum absolute atomic E-state index is 12.7. The minimum Gasteiger partial charge on any atom is -0.469 e. The van der Waals surface area contributed by atoms with Crippen LogP contribution in [0.5, 0.6) is 0 Å². The van der Waals surface area contributed by atoms with Crippen LogP contribution in [0.3, 0.4) is 0 Å². The number of hydrogen-bond acceptors (Lipinski definition) is 6. The molecule has 0 radical (unpaired) electrons. The molecule has 1 aliphatic rings. The lowest BCUT2D eigenvalue weighted by molar-refractivity contribution is -0.140. The molecule has 8 nitrogen and oxygen atoms in total. The summed E-state index contributed by atoms with van der Waals surface area (Å²) in [4.78, 5) is 38.5. The maximum atomic E-state index is 12.7. The predicted molar refractivity (Wildman–Crippen MR) is 123 cm³/mol. The Bertz CT molecular complexity index is 988. The molecule has 1 aromatic carbocycles. The Morgan fingerprint density at radius 2 is 1.67 bits per heavy atom. The third-order valence-electron chi connectivity index (χ3n) is 6.14. The van der Waals surface area contributed by atoms with Gasteiger partial charge in [0.1, 0.15) is 0 Å². The molecule has 1 atom stereocenters. The lowest BCUT2D eigenvalue weighted by Crippen LogP contribution is -2.40. The molecule has 0 aliphatic carbocycles. The number of likely N-dealkylation sites (tertiary alicyclic amines) is 1. The Balaban J connectivity index is 1.65. The Morgan fingerprint density at radius 1 is 1.03 bits per heavy atom. The number of methoxy groups -OCH3 is 1. The SMILES string of the molecule is COC(=O)CCc1c(C)nn(-c2ccc(C(=O)OC(C)C(=O)N3CCCCCC3)cc2)c1C. The number of aryl methyl sites for hydroxylation is 1. The largest absolute Gasteiger partial charge is 0.469 e. The predicted octanol–water partition coefficient (Wildman–Crippen LogP) is 3.54. The van der Waals surface area contributed by atoms with Gasteiger partial charge in [-0.3, -0.25) is 9.59 Å². The standard InChI is InChI=1S/C25H33N3O5/c1-17-22(13-14-23(29)32-4)18(2)28(26-17)21-11-9-20(10-12-21)25(31)33-19(3)24(30)27-15-7-5-6-8-16-27/h9-12,19H,5-8,13-16H2,1-4H3. The second kappa shape index (κ2) is 11.1. The molecule has 1 aromatic heterocycles. The Hall–Kier alpha value is -3.16. The number of rotatable bonds is 7. The van der Waals surface area contributed by atoms with Crippen molar-refractivity contribution >= 4 is 17.8 Å². The van der Waals surface area contributed by atoms with Crippen LogP contribution in [-0.4, -0.2) is 58.8 Å². The minimum absolute atomic E-state index is 0.135. The highest BCUT2D eigenvalue weighted by Gasteiger charge is 2.25. The molecular weight excluding hydrogens is 422 g/mol. The van der Waals surface area contributed by atoms with Crippen molar-refractivity contribution in [2.24, 2.45) is 0 Å². The summed E-state index contributed by atoms with van der Waals surface area (Å²) < 4.78 is 12.0. The molecular formula is C25H33N3O5. The second-order valence-corrected chi connectivity index (χ2v) is 8.47. The van der Waals surface area contributed by atoms with Crippen molar-refractivity contribution in [3.8, 4) is 5.69 Å². The van der Waals surface area contributed by atoms with E-state index in [0.29, 0.717) is 18.4 Å². The molecule has 1 aliphatic heterocycles. The molecule has 0 N–H and O–H groups in total. The van der Waals surface area contributed by atoms with Gasteiger partial charge in [-0.1, -0.05) is 12.8 Å². The van der Waals surface area contributed by atoms with Crippen LogP contribution in [0.1, 0.15) is 66.3 Å². The van der Waals surface area contributed by atoms with Gasteiger partial charge in [0.25, 0.3) is 5.91 Å². The number of esters is 2. The van der Waals surface area contributed by atoms with Crippen LogP contribution in [-0.2, 0) is 25.5 Å². The van der Waals surface area contributed by atoms with E-state index in [1.54, 1.807) is 40.8 Å². The molecule has 1 unspecified atom stereocenters. The summed E-state index contributed by atoms with van der Waals surface area (Å²) in [5.41, 5.74) is 3.96. The van der Waals surface area contributed by atoms with Gasteiger partial charge in [0, 0.05) is 25.2 Å². The van der Waals surface area contributed by atoms with Crippen LogP contribution >= 0.6 is 0 Å². The normalized spacial score (nSPS) is 15.0. The van der Waals surface area contributed by atoms with E-state index in [2.05, 4.69) is 5.10 Å². The van der Waals surface area contributed by atoms with Gasteiger partial charge in [0.2, 0.25) is 0 Å². The van der Waals surface area contributed by atoms with Gasteiger partial charge in [-0.2, -0.15) is 5.10 Å². The molecule has 0 spiro atoms. The van der Waals surface area contributed by atoms with E-state index >= 15 is 0 Å². The summed E-state index contributed by atoms with van der Waals surface area (Å²) in [6.45, 7) is 6.93. The summed E-state index contributed by atoms with van der Waals surface area (Å²) in [5, 5.41) is 4.59. The van der Waals surface area contributed by atoms with Gasteiger partial charge in [-0.05, 0) is 69.9 Å². The number of aromatic nitrogens is 2. The van der Waals surface area contributed by atoms with Crippen LogP contribution in [0.4, 0.5) is 0 Å². The molecule has 1 fully saturated rings. The van der Waals surface area contributed by atoms with Crippen molar-refractivity contribution < 1.29 is 23.9 Å². The smallest absolute Gasteiger partial charge is 0.338 e. The third kappa shape index (κ3) is 6.00. The summed E-state index contributed by atoms with van der Waals surface area (Å²) in [5.74, 6) is -0.915. The van der Waals surface area contributed by atoms with E-state index in [0.717, 1.165) is 61.4 Å². The average Bonchev–Trinajstić information content (AvgIpc) is 2.99. The number of amides is 1. The van der Waals surface area contributed by atoms with E-state index in [1.165, 1.54) is 7.11 Å². The van der Waals surface area contributed by atoms with Gasteiger partial charge in [-0.25, -0.2) is 9.48 Å². The lowest BCUT2D eigenvalue weighted by atomic mass is 10.1. The number of carbonyl (C=O) groups is 3. The van der Waals surface area contributed by atoms with Crippen molar-refractivity contribution in [2.45, 2.75) is 65.4 Å². The van der Waals surface area contributed by atoms with Crippen molar-refractivity contribution in [2.75, 3.05) is 20.2 Å². The highest BCUT2D eigenvalue weighted by molar-refractivity contribution is 5.92. The van der Waals surface area contributed by atoms with E-state index in [4.69, 9.17) is 9.47 Å². The van der Waals surface area contributed by atoms with Crippen LogP contribution in [0.25, 0.3) is 5.69 Å². The average molecular weight is 456 g/mol. The second-order valence-electron chi connectivity index (χ2n) is 8.47. The van der Waals surface area contributed by atoms with E-state index < -0.39 is 12.1 Å². The van der Waals surface area contributed by atoms with Crippen LogP contribution in [0.15, 0.2) is 24.3 Å². The van der Waals surface area contributed by atoms with Crippen molar-refractivity contribution in [3.05, 3.63) is 46.8 Å². The van der Waals surface area contributed by atoms with Gasteiger partial charge in [0.05, 0.1) is 24.1 Å². The van der Waals surface area contributed by atoms with Gasteiger partial charge in [-0.15, -0.1) is 0 Å². The lowest BCUT2D eigenvalue weighted by Gasteiger charge is -2.24. The zero-order valence-electron chi connectivity index (χ0n) is 19.9. The Kier molecular flexibility index (Phi) is 8.25. The fraction of sp³-hybridized carbons (Fsp3) is 0.520. The number of carbonyl (C=O) groups excluding carboxylic acids is 3. The van der Waals surface area contributed by atoms with Crippen LogP contribution in [0.2, 0.25) is 0 Å². The molecule has 33 heavy (non-hydrogen) atoms. The number of hydrogen-bond donors (Lipinski definition) is 0. The first-order chi connectivity index (χ1) is 15.8. The fourth-order valence-electron chi connectivity index (χ4n) is 4.18. The van der Waals surface area contributed by atoms with Crippen molar-refractivity contribution in [1.82, 2.24) is 14.7 Å². The highest BCUT2D eigenvalue weighted by atomic mass is 16.5. The molecule has 1 amide bonds. The third-order valence-corrected chi connectivity index (χ3v) is 6.14. The van der Waals surface area contributed by atoms with Gasteiger partial charge in [0.15, 0.2) is 6.10 Å².